The van der Waals surface area contributed by atoms with Gasteiger partial charge in [-0.3, -0.25) is 0 Å². The summed E-state index contributed by atoms with van der Waals surface area (Å²) in [6.07, 6.45) is 2.40. The molecule has 2 atom stereocenters. The van der Waals surface area contributed by atoms with Crippen LogP contribution >= 0.6 is 0 Å². The minimum Gasteiger partial charge on any atom is -0.377 e. The van der Waals surface area contributed by atoms with Crippen molar-refractivity contribution in [2.45, 2.75) is 37.9 Å². The molecule has 0 aromatic heterocycles. The maximum absolute atomic E-state index is 12.0. The van der Waals surface area contributed by atoms with Gasteiger partial charge in [0.05, 0.1) is 5.75 Å². The molecule has 2 fully saturated rings. The molecule has 5 nitrogen and oxygen atoms in total. The molecule has 0 aliphatic carbocycles. The van der Waals surface area contributed by atoms with E-state index in [1.165, 1.54) is 4.31 Å². The van der Waals surface area contributed by atoms with Gasteiger partial charge in [0.1, 0.15) is 11.7 Å². The lowest BCUT2D eigenvalue weighted by Crippen LogP contribution is -2.42. The average molecular weight is 263 g/mol. The van der Waals surface area contributed by atoms with Crippen molar-refractivity contribution in [2.24, 2.45) is 0 Å². The van der Waals surface area contributed by atoms with Gasteiger partial charge in [0.2, 0.25) is 10.0 Å². The summed E-state index contributed by atoms with van der Waals surface area (Å²) in [7, 11) is -1.51. The minimum atomic E-state index is -3.14. The summed E-state index contributed by atoms with van der Waals surface area (Å²) in [5.41, 5.74) is -0.393. The lowest BCUT2D eigenvalue weighted by molar-refractivity contribution is -0.0753. The Bertz CT molecular complexity index is 362. The fraction of sp³-hybridized carbons (Fsp3) is 1.00. The first-order valence-electron chi connectivity index (χ1n) is 6.18. The zero-order chi connectivity index (χ0) is 12.5. The van der Waals surface area contributed by atoms with E-state index < -0.39 is 15.6 Å². The van der Waals surface area contributed by atoms with Gasteiger partial charge in [0.15, 0.2) is 0 Å². The molecule has 2 heterocycles. The zero-order valence-corrected chi connectivity index (χ0v) is 11.3. The van der Waals surface area contributed by atoms with Crippen molar-refractivity contribution < 1.29 is 17.9 Å². The highest BCUT2D eigenvalue weighted by Gasteiger charge is 2.52. The Morgan fingerprint density at radius 3 is 2.82 bits per heavy atom. The summed E-state index contributed by atoms with van der Waals surface area (Å²) in [6, 6.07) is 0. The van der Waals surface area contributed by atoms with Crippen LogP contribution in [-0.2, 0) is 19.5 Å². The van der Waals surface area contributed by atoms with E-state index in [1.807, 2.05) is 6.92 Å². The first-order valence-corrected chi connectivity index (χ1v) is 7.79. The van der Waals surface area contributed by atoms with E-state index in [9.17, 15) is 8.42 Å². The molecule has 0 saturated carbocycles. The summed E-state index contributed by atoms with van der Waals surface area (Å²) in [6.45, 7) is 3.47. The van der Waals surface area contributed by atoms with Crippen LogP contribution in [0.2, 0.25) is 0 Å². The van der Waals surface area contributed by atoms with Crippen molar-refractivity contribution >= 4 is 10.0 Å². The van der Waals surface area contributed by atoms with Crippen LogP contribution in [0.5, 0.6) is 0 Å². The van der Waals surface area contributed by atoms with Gasteiger partial charge in [-0.05, 0) is 19.3 Å². The molecule has 2 aliphatic heterocycles. The molecular weight excluding hydrogens is 242 g/mol. The standard InChI is InChI=1S/C11H21NO4S/c1-3-7-17(13,14)12-8-10(15-2)11(9-12)5-4-6-16-11/h10H,3-9H2,1-2H3/t10-,11-/m0/s1. The van der Waals surface area contributed by atoms with E-state index >= 15 is 0 Å². The van der Waals surface area contributed by atoms with Gasteiger partial charge >= 0.3 is 0 Å². The summed E-state index contributed by atoms with van der Waals surface area (Å²) in [5.74, 6) is 0.208. The monoisotopic (exact) mass is 263 g/mol. The molecule has 2 aliphatic rings. The predicted molar refractivity (Wildman–Crippen MR) is 64.4 cm³/mol. The van der Waals surface area contributed by atoms with Crippen molar-refractivity contribution in [1.82, 2.24) is 4.31 Å². The third kappa shape index (κ3) is 2.36. The van der Waals surface area contributed by atoms with Crippen LogP contribution in [0.1, 0.15) is 26.2 Å². The Kier molecular flexibility index (Phi) is 3.77. The van der Waals surface area contributed by atoms with Crippen LogP contribution < -0.4 is 0 Å². The maximum Gasteiger partial charge on any atom is 0.214 e. The second-order valence-electron chi connectivity index (χ2n) is 4.85. The summed E-state index contributed by atoms with van der Waals surface area (Å²) in [5, 5.41) is 0. The fourth-order valence-corrected chi connectivity index (χ4v) is 4.35. The van der Waals surface area contributed by atoms with Gasteiger partial charge in [-0.25, -0.2) is 8.42 Å². The molecule has 0 N–H and O–H groups in total. The molecule has 17 heavy (non-hydrogen) atoms. The number of sulfonamides is 1. The molecular formula is C11H21NO4S. The molecule has 0 aromatic rings. The Morgan fingerprint density at radius 2 is 2.29 bits per heavy atom. The van der Waals surface area contributed by atoms with E-state index in [2.05, 4.69) is 0 Å². The number of nitrogens with zero attached hydrogens (tertiary/aromatic N) is 1. The maximum atomic E-state index is 12.0. The Labute approximate surface area is 103 Å². The number of ether oxygens (including phenoxy) is 2. The van der Waals surface area contributed by atoms with Gasteiger partial charge in [-0.2, -0.15) is 4.31 Å². The first-order chi connectivity index (χ1) is 8.04. The molecule has 0 unspecified atom stereocenters. The van der Waals surface area contributed by atoms with Gasteiger partial charge in [0.25, 0.3) is 0 Å². The van der Waals surface area contributed by atoms with Crippen molar-refractivity contribution in [1.29, 1.82) is 0 Å². The highest BCUT2D eigenvalue weighted by atomic mass is 32.2. The minimum absolute atomic E-state index is 0.128. The van der Waals surface area contributed by atoms with E-state index in [0.29, 0.717) is 26.1 Å². The van der Waals surface area contributed by atoms with Crippen LogP contribution in [0.15, 0.2) is 0 Å². The summed E-state index contributed by atoms with van der Waals surface area (Å²) < 4.78 is 36.8. The van der Waals surface area contributed by atoms with Crippen molar-refractivity contribution in [3.05, 3.63) is 0 Å². The largest absolute Gasteiger partial charge is 0.377 e. The van der Waals surface area contributed by atoms with Gasteiger partial charge < -0.3 is 9.47 Å². The number of hydrogen-bond acceptors (Lipinski definition) is 4. The topological polar surface area (TPSA) is 55.8 Å². The van der Waals surface area contributed by atoms with Gasteiger partial charge in [-0.15, -0.1) is 0 Å². The second kappa shape index (κ2) is 4.84. The quantitative estimate of drug-likeness (QED) is 0.745. The summed E-state index contributed by atoms with van der Waals surface area (Å²) in [4.78, 5) is 0. The first kappa shape index (κ1) is 13.3. The molecule has 2 rings (SSSR count). The fourth-order valence-electron chi connectivity index (χ4n) is 2.80. The number of rotatable bonds is 4. The normalized spacial score (nSPS) is 34.8. The lowest BCUT2D eigenvalue weighted by atomic mass is 9.97. The third-order valence-corrected chi connectivity index (χ3v) is 5.66. The zero-order valence-electron chi connectivity index (χ0n) is 10.5. The van der Waals surface area contributed by atoms with Crippen molar-refractivity contribution in [3.63, 3.8) is 0 Å². The predicted octanol–water partition coefficient (Wildman–Crippen LogP) is 0.606. The Balaban J connectivity index is 2.15. The molecule has 6 heteroatoms. The van der Waals surface area contributed by atoms with Crippen molar-refractivity contribution in [3.8, 4) is 0 Å². The Morgan fingerprint density at radius 1 is 1.53 bits per heavy atom. The molecule has 1 spiro atoms. The van der Waals surface area contributed by atoms with Crippen LogP contribution in [0.4, 0.5) is 0 Å². The van der Waals surface area contributed by atoms with Crippen molar-refractivity contribution in [2.75, 3.05) is 32.6 Å². The second-order valence-corrected chi connectivity index (χ2v) is 6.94. The molecule has 2 saturated heterocycles. The molecule has 100 valence electrons. The van der Waals surface area contributed by atoms with E-state index in [0.717, 1.165) is 12.8 Å². The molecule has 0 amide bonds. The van der Waals surface area contributed by atoms with E-state index in [-0.39, 0.29) is 11.9 Å². The van der Waals surface area contributed by atoms with Crippen LogP contribution in [0.25, 0.3) is 0 Å². The van der Waals surface area contributed by atoms with E-state index in [1.54, 1.807) is 7.11 Å². The highest BCUT2D eigenvalue weighted by Crippen LogP contribution is 2.37. The molecule has 0 bridgehead atoms. The van der Waals surface area contributed by atoms with Crippen LogP contribution in [0.3, 0.4) is 0 Å². The molecule has 0 radical (unpaired) electrons. The van der Waals surface area contributed by atoms with Gasteiger partial charge in [-0.1, -0.05) is 6.92 Å². The SMILES string of the molecule is CCCS(=O)(=O)N1C[C@H](OC)[C@]2(CCCO2)C1. The molecule has 0 aromatic carbocycles. The van der Waals surface area contributed by atoms with Gasteiger partial charge in [0, 0.05) is 26.8 Å². The Hall–Kier alpha value is -0.170. The summed E-state index contributed by atoms with van der Waals surface area (Å²) >= 11 is 0. The van der Waals surface area contributed by atoms with Crippen LogP contribution in [-0.4, -0.2) is 57.0 Å². The smallest absolute Gasteiger partial charge is 0.214 e. The number of methoxy groups -OCH3 is 1. The van der Waals surface area contributed by atoms with Crippen LogP contribution in [0, 0.1) is 0 Å². The average Bonchev–Trinajstić information content (AvgIpc) is 2.87. The number of hydrogen-bond donors (Lipinski definition) is 0. The third-order valence-electron chi connectivity index (χ3n) is 3.67. The lowest BCUT2D eigenvalue weighted by Gasteiger charge is -2.27. The van der Waals surface area contributed by atoms with E-state index in [4.69, 9.17) is 9.47 Å². The highest BCUT2D eigenvalue weighted by molar-refractivity contribution is 7.89.